The molecule has 1 heterocycles. The minimum atomic E-state index is -0.427. The summed E-state index contributed by atoms with van der Waals surface area (Å²) in [5, 5.41) is 3.63. The number of nitrogens with zero attached hydrogens (tertiary/aromatic N) is 1. The maximum atomic E-state index is 12.3. The fourth-order valence-corrected chi connectivity index (χ4v) is 2.63. The van der Waals surface area contributed by atoms with Crippen LogP contribution in [0.3, 0.4) is 0 Å². The Morgan fingerprint density at radius 3 is 2.38 bits per heavy atom. The monoisotopic (exact) mass is 298 g/mol. The molecule has 1 aliphatic rings. The van der Waals surface area contributed by atoms with E-state index >= 15 is 0 Å². The van der Waals surface area contributed by atoms with Crippen molar-refractivity contribution < 1.29 is 9.53 Å². The van der Waals surface area contributed by atoms with Crippen molar-refractivity contribution in [2.75, 3.05) is 13.1 Å². The largest absolute Gasteiger partial charge is 0.444 e. The van der Waals surface area contributed by atoms with Crippen molar-refractivity contribution in [2.45, 2.75) is 85.4 Å². The third kappa shape index (κ3) is 6.68. The van der Waals surface area contributed by atoms with E-state index in [1.807, 2.05) is 25.7 Å². The molecule has 1 saturated heterocycles. The Hall–Kier alpha value is -0.770. The first kappa shape index (κ1) is 18.3. The summed E-state index contributed by atoms with van der Waals surface area (Å²) in [5.74, 6) is 0. The topological polar surface area (TPSA) is 41.6 Å². The number of ether oxygens (including phenoxy) is 1. The number of amides is 1. The first-order valence-corrected chi connectivity index (χ1v) is 8.23. The summed E-state index contributed by atoms with van der Waals surface area (Å²) in [6.07, 6.45) is 3.13. The van der Waals surface area contributed by atoms with E-state index in [2.05, 4.69) is 33.0 Å². The highest BCUT2D eigenvalue weighted by molar-refractivity contribution is 5.68. The molecular weight excluding hydrogens is 264 g/mol. The average molecular weight is 298 g/mol. The van der Waals surface area contributed by atoms with E-state index in [1.54, 1.807) is 0 Å². The Balaban J connectivity index is 2.52. The van der Waals surface area contributed by atoms with Gasteiger partial charge in [0.15, 0.2) is 0 Å². The molecule has 0 spiro atoms. The van der Waals surface area contributed by atoms with E-state index in [-0.39, 0.29) is 12.1 Å². The van der Waals surface area contributed by atoms with Gasteiger partial charge in [0, 0.05) is 18.6 Å². The van der Waals surface area contributed by atoms with Crippen LogP contribution < -0.4 is 5.32 Å². The Morgan fingerprint density at radius 2 is 1.86 bits per heavy atom. The fourth-order valence-electron chi connectivity index (χ4n) is 2.63. The maximum absolute atomic E-state index is 12.3. The fraction of sp³-hybridized carbons (Fsp3) is 0.941. The van der Waals surface area contributed by atoms with Crippen LogP contribution in [0, 0.1) is 5.41 Å². The minimum Gasteiger partial charge on any atom is -0.444 e. The number of piperidine rings is 1. The van der Waals surface area contributed by atoms with E-state index < -0.39 is 5.60 Å². The first-order valence-electron chi connectivity index (χ1n) is 8.23. The molecule has 1 aliphatic heterocycles. The van der Waals surface area contributed by atoms with Gasteiger partial charge in [0.1, 0.15) is 5.60 Å². The molecule has 1 fully saturated rings. The van der Waals surface area contributed by atoms with Gasteiger partial charge in [-0.1, -0.05) is 20.8 Å². The number of likely N-dealkylation sites (tertiary alicyclic amines) is 1. The van der Waals surface area contributed by atoms with Gasteiger partial charge in [-0.05, 0) is 58.9 Å². The van der Waals surface area contributed by atoms with Gasteiger partial charge >= 0.3 is 6.09 Å². The highest BCUT2D eigenvalue weighted by Gasteiger charge is 2.33. The quantitative estimate of drug-likeness (QED) is 0.861. The lowest BCUT2D eigenvalue weighted by Crippen LogP contribution is -2.55. The number of carbonyl (C=O) groups excluding carboxylic acids is 1. The Kier molecular flexibility index (Phi) is 6.09. The van der Waals surface area contributed by atoms with Crippen LogP contribution >= 0.6 is 0 Å². The van der Waals surface area contributed by atoms with Crippen LogP contribution in [0.1, 0.15) is 67.7 Å². The molecule has 2 unspecified atom stereocenters. The number of nitrogens with one attached hydrogen (secondary N) is 1. The van der Waals surface area contributed by atoms with Gasteiger partial charge in [-0.2, -0.15) is 0 Å². The number of hydrogen-bond donors (Lipinski definition) is 1. The van der Waals surface area contributed by atoms with Gasteiger partial charge in [-0.25, -0.2) is 4.79 Å². The first-order chi connectivity index (χ1) is 9.49. The molecule has 21 heavy (non-hydrogen) atoms. The molecule has 0 aromatic heterocycles. The van der Waals surface area contributed by atoms with Crippen molar-refractivity contribution in [3.05, 3.63) is 0 Å². The Labute approximate surface area is 130 Å². The van der Waals surface area contributed by atoms with Gasteiger partial charge in [0.25, 0.3) is 0 Å². The van der Waals surface area contributed by atoms with Gasteiger partial charge in [-0.3, -0.25) is 0 Å². The zero-order valence-corrected chi connectivity index (χ0v) is 15.0. The molecule has 2 atom stereocenters. The molecule has 1 amide bonds. The average Bonchev–Trinajstić information content (AvgIpc) is 2.27. The van der Waals surface area contributed by atoms with E-state index in [0.29, 0.717) is 11.5 Å². The summed E-state index contributed by atoms with van der Waals surface area (Å²) in [4.78, 5) is 14.2. The molecule has 0 aromatic rings. The molecular formula is C17H34N2O2. The van der Waals surface area contributed by atoms with Crippen molar-refractivity contribution >= 4 is 6.09 Å². The third-order valence-corrected chi connectivity index (χ3v) is 3.90. The minimum absolute atomic E-state index is 0.183. The second kappa shape index (κ2) is 6.99. The second-order valence-electron chi connectivity index (χ2n) is 8.43. The standard InChI is InChI=1S/C17H34N2O2/c1-13-14(18-11-10-16(2,3)4)9-8-12-19(13)15(20)21-17(5,6)7/h13-14,18H,8-12H2,1-7H3. The van der Waals surface area contributed by atoms with Crippen LogP contribution in [0.5, 0.6) is 0 Å². The van der Waals surface area contributed by atoms with Crippen LogP contribution in [0.25, 0.3) is 0 Å². The molecule has 4 heteroatoms. The molecule has 0 radical (unpaired) electrons. The van der Waals surface area contributed by atoms with Crippen LogP contribution in [0.4, 0.5) is 4.79 Å². The van der Waals surface area contributed by atoms with Gasteiger partial charge in [0.05, 0.1) is 0 Å². The smallest absolute Gasteiger partial charge is 0.410 e. The normalized spacial score (nSPS) is 24.0. The zero-order valence-electron chi connectivity index (χ0n) is 15.0. The molecule has 0 aliphatic carbocycles. The van der Waals surface area contributed by atoms with Crippen LogP contribution in [-0.4, -0.2) is 41.8 Å². The maximum Gasteiger partial charge on any atom is 0.410 e. The number of carbonyl (C=O) groups is 1. The molecule has 0 bridgehead atoms. The zero-order chi connectivity index (χ0) is 16.3. The van der Waals surface area contributed by atoms with Gasteiger partial charge in [0.2, 0.25) is 0 Å². The predicted octanol–water partition coefficient (Wildman–Crippen LogP) is 3.80. The molecule has 124 valence electrons. The Bertz CT molecular complexity index is 342. The summed E-state index contributed by atoms with van der Waals surface area (Å²) < 4.78 is 5.51. The molecule has 1 rings (SSSR count). The highest BCUT2D eigenvalue weighted by Crippen LogP contribution is 2.22. The highest BCUT2D eigenvalue weighted by atomic mass is 16.6. The SMILES string of the molecule is CC1C(NCCC(C)(C)C)CCCN1C(=O)OC(C)(C)C. The summed E-state index contributed by atoms with van der Waals surface area (Å²) >= 11 is 0. The van der Waals surface area contributed by atoms with Crippen LogP contribution in [0.2, 0.25) is 0 Å². The van der Waals surface area contributed by atoms with Crippen LogP contribution in [-0.2, 0) is 4.74 Å². The van der Waals surface area contributed by atoms with Crippen LogP contribution in [0.15, 0.2) is 0 Å². The lowest BCUT2D eigenvalue weighted by atomic mass is 9.91. The number of hydrogen-bond acceptors (Lipinski definition) is 3. The van der Waals surface area contributed by atoms with Gasteiger partial charge < -0.3 is 15.0 Å². The van der Waals surface area contributed by atoms with E-state index in [0.717, 1.165) is 32.4 Å². The van der Waals surface area contributed by atoms with E-state index in [9.17, 15) is 4.79 Å². The van der Waals surface area contributed by atoms with Crippen molar-refractivity contribution in [1.29, 1.82) is 0 Å². The predicted molar refractivity (Wildman–Crippen MR) is 87.5 cm³/mol. The van der Waals surface area contributed by atoms with Crippen molar-refractivity contribution in [1.82, 2.24) is 10.2 Å². The van der Waals surface area contributed by atoms with Crippen molar-refractivity contribution in [2.24, 2.45) is 5.41 Å². The molecule has 4 nitrogen and oxygen atoms in total. The van der Waals surface area contributed by atoms with E-state index in [1.165, 1.54) is 0 Å². The Morgan fingerprint density at radius 1 is 1.24 bits per heavy atom. The van der Waals surface area contributed by atoms with Crippen molar-refractivity contribution in [3.8, 4) is 0 Å². The van der Waals surface area contributed by atoms with Crippen molar-refractivity contribution in [3.63, 3.8) is 0 Å². The molecule has 0 saturated carbocycles. The summed E-state index contributed by atoms with van der Waals surface area (Å²) in [6.45, 7) is 16.4. The molecule has 0 aromatic carbocycles. The van der Waals surface area contributed by atoms with E-state index in [4.69, 9.17) is 4.74 Å². The summed E-state index contributed by atoms with van der Waals surface area (Å²) in [7, 11) is 0. The second-order valence-corrected chi connectivity index (χ2v) is 8.43. The summed E-state index contributed by atoms with van der Waals surface area (Å²) in [5.41, 5.74) is -0.0842. The third-order valence-electron chi connectivity index (χ3n) is 3.90. The lowest BCUT2D eigenvalue weighted by Gasteiger charge is -2.40. The summed E-state index contributed by atoms with van der Waals surface area (Å²) in [6, 6.07) is 0.558. The number of rotatable bonds is 3. The lowest BCUT2D eigenvalue weighted by molar-refractivity contribution is 0.00694. The molecule has 1 N–H and O–H groups in total. The van der Waals surface area contributed by atoms with Gasteiger partial charge in [-0.15, -0.1) is 0 Å².